The molecular formula is C19H30N2O2. The van der Waals surface area contributed by atoms with E-state index in [-0.39, 0.29) is 0 Å². The van der Waals surface area contributed by atoms with E-state index in [0.717, 1.165) is 38.5 Å². The number of piperidine rings is 1. The van der Waals surface area contributed by atoms with Crippen LogP contribution in [0.2, 0.25) is 0 Å². The molecule has 128 valence electrons. The highest BCUT2D eigenvalue weighted by atomic mass is 16.5. The monoisotopic (exact) mass is 318 g/mol. The Bertz CT molecular complexity index is 494. The molecule has 1 aromatic carbocycles. The van der Waals surface area contributed by atoms with Gasteiger partial charge in [0, 0.05) is 37.8 Å². The van der Waals surface area contributed by atoms with Gasteiger partial charge in [-0.2, -0.15) is 0 Å². The molecule has 0 N–H and O–H groups in total. The minimum atomic E-state index is 0.332. The van der Waals surface area contributed by atoms with Gasteiger partial charge in [-0.25, -0.2) is 0 Å². The summed E-state index contributed by atoms with van der Waals surface area (Å²) >= 11 is 0. The third kappa shape index (κ3) is 4.46. The standard InChI is InChI=1S/C19H30N2O2/c1-16-7-5-6-10-21(16)15-18-14-20(11-12-23-18)13-17-8-3-4-9-19(17)22-2/h3-4,8-9,16,18H,5-7,10-15H2,1-2H3. The van der Waals surface area contributed by atoms with Crippen LogP contribution in [0.1, 0.15) is 31.7 Å². The van der Waals surface area contributed by atoms with Crippen molar-refractivity contribution in [2.75, 3.05) is 39.9 Å². The SMILES string of the molecule is COc1ccccc1CN1CCOC(CN2CCCCC2C)C1. The van der Waals surface area contributed by atoms with Gasteiger partial charge in [-0.3, -0.25) is 9.80 Å². The Hall–Kier alpha value is -1.10. The summed E-state index contributed by atoms with van der Waals surface area (Å²) in [5, 5.41) is 0. The van der Waals surface area contributed by atoms with Crippen molar-refractivity contribution >= 4 is 0 Å². The smallest absolute Gasteiger partial charge is 0.123 e. The number of methoxy groups -OCH3 is 1. The highest BCUT2D eigenvalue weighted by Gasteiger charge is 2.26. The van der Waals surface area contributed by atoms with Crippen LogP contribution in [0.5, 0.6) is 5.75 Å². The maximum Gasteiger partial charge on any atom is 0.123 e. The zero-order valence-corrected chi connectivity index (χ0v) is 14.5. The van der Waals surface area contributed by atoms with E-state index in [9.17, 15) is 0 Å². The lowest BCUT2D eigenvalue weighted by Gasteiger charge is -2.39. The van der Waals surface area contributed by atoms with Gasteiger partial charge in [0.25, 0.3) is 0 Å². The van der Waals surface area contributed by atoms with Crippen LogP contribution in [-0.2, 0) is 11.3 Å². The van der Waals surface area contributed by atoms with Crippen molar-refractivity contribution in [3.8, 4) is 5.75 Å². The lowest BCUT2D eigenvalue weighted by molar-refractivity contribution is -0.0533. The second-order valence-electron chi connectivity index (χ2n) is 6.88. The zero-order chi connectivity index (χ0) is 16.1. The van der Waals surface area contributed by atoms with Crippen LogP contribution in [0, 0.1) is 0 Å². The highest BCUT2D eigenvalue weighted by Crippen LogP contribution is 2.22. The number of para-hydroxylation sites is 1. The minimum absolute atomic E-state index is 0.332. The van der Waals surface area contributed by atoms with E-state index in [1.165, 1.54) is 31.4 Å². The van der Waals surface area contributed by atoms with E-state index >= 15 is 0 Å². The summed E-state index contributed by atoms with van der Waals surface area (Å²) in [6.07, 6.45) is 4.38. The Morgan fingerprint density at radius 1 is 1.22 bits per heavy atom. The van der Waals surface area contributed by atoms with Crippen LogP contribution in [0.15, 0.2) is 24.3 Å². The van der Waals surface area contributed by atoms with Gasteiger partial charge < -0.3 is 9.47 Å². The zero-order valence-electron chi connectivity index (χ0n) is 14.5. The molecule has 2 aliphatic rings. The van der Waals surface area contributed by atoms with Crippen LogP contribution < -0.4 is 4.74 Å². The van der Waals surface area contributed by atoms with E-state index in [1.54, 1.807) is 7.11 Å². The molecule has 2 fully saturated rings. The van der Waals surface area contributed by atoms with E-state index in [1.807, 2.05) is 12.1 Å². The predicted octanol–water partition coefficient (Wildman–Crippen LogP) is 2.77. The van der Waals surface area contributed by atoms with Gasteiger partial charge in [-0.15, -0.1) is 0 Å². The van der Waals surface area contributed by atoms with Crippen molar-refractivity contribution in [2.45, 2.75) is 44.9 Å². The van der Waals surface area contributed by atoms with Crippen molar-refractivity contribution in [2.24, 2.45) is 0 Å². The average molecular weight is 318 g/mol. The number of rotatable bonds is 5. The largest absolute Gasteiger partial charge is 0.496 e. The molecule has 2 heterocycles. The molecule has 3 rings (SSSR count). The molecule has 0 saturated carbocycles. The summed E-state index contributed by atoms with van der Waals surface area (Å²) in [6, 6.07) is 9.03. The first kappa shape index (κ1) is 16.7. The number of likely N-dealkylation sites (tertiary alicyclic amines) is 1. The van der Waals surface area contributed by atoms with E-state index in [2.05, 4.69) is 28.9 Å². The molecule has 2 unspecified atom stereocenters. The van der Waals surface area contributed by atoms with Crippen LogP contribution in [-0.4, -0.2) is 61.8 Å². The van der Waals surface area contributed by atoms with Crippen LogP contribution in [0.25, 0.3) is 0 Å². The molecular weight excluding hydrogens is 288 g/mol. The molecule has 23 heavy (non-hydrogen) atoms. The predicted molar refractivity (Wildman–Crippen MR) is 92.9 cm³/mol. The Morgan fingerprint density at radius 2 is 2.09 bits per heavy atom. The van der Waals surface area contributed by atoms with Gasteiger partial charge in [0.05, 0.1) is 19.8 Å². The quantitative estimate of drug-likeness (QED) is 0.833. The maximum absolute atomic E-state index is 6.04. The summed E-state index contributed by atoms with van der Waals surface area (Å²) < 4.78 is 11.5. The van der Waals surface area contributed by atoms with Gasteiger partial charge >= 0.3 is 0 Å². The summed E-state index contributed by atoms with van der Waals surface area (Å²) in [5.41, 5.74) is 1.27. The molecule has 0 spiro atoms. The number of benzene rings is 1. The summed E-state index contributed by atoms with van der Waals surface area (Å²) in [7, 11) is 1.75. The van der Waals surface area contributed by atoms with Gasteiger partial charge in [0.2, 0.25) is 0 Å². The first-order valence-electron chi connectivity index (χ1n) is 8.96. The molecule has 2 atom stereocenters. The molecule has 0 aromatic heterocycles. The van der Waals surface area contributed by atoms with Crippen molar-refractivity contribution in [3.05, 3.63) is 29.8 Å². The Labute approximate surface area is 140 Å². The van der Waals surface area contributed by atoms with Crippen molar-refractivity contribution in [1.82, 2.24) is 9.80 Å². The first-order valence-corrected chi connectivity index (χ1v) is 8.96. The molecule has 0 radical (unpaired) electrons. The van der Waals surface area contributed by atoms with Gasteiger partial charge in [-0.05, 0) is 32.4 Å². The number of morpholine rings is 1. The average Bonchev–Trinajstić information content (AvgIpc) is 2.58. The van der Waals surface area contributed by atoms with Crippen LogP contribution in [0.3, 0.4) is 0 Å². The molecule has 1 aromatic rings. The van der Waals surface area contributed by atoms with Crippen molar-refractivity contribution in [3.63, 3.8) is 0 Å². The fourth-order valence-corrected chi connectivity index (χ4v) is 3.80. The van der Waals surface area contributed by atoms with Gasteiger partial charge in [0.15, 0.2) is 0 Å². The normalized spacial score (nSPS) is 27.0. The van der Waals surface area contributed by atoms with E-state index in [4.69, 9.17) is 9.47 Å². The fraction of sp³-hybridized carbons (Fsp3) is 0.684. The number of hydrogen-bond acceptors (Lipinski definition) is 4. The van der Waals surface area contributed by atoms with E-state index in [0.29, 0.717) is 12.1 Å². The van der Waals surface area contributed by atoms with Crippen molar-refractivity contribution in [1.29, 1.82) is 0 Å². The first-order chi connectivity index (χ1) is 11.3. The molecule has 0 bridgehead atoms. The molecule has 2 aliphatic heterocycles. The summed E-state index contributed by atoms with van der Waals surface area (Å²) in [4.78, 5) is 5.11. The summed E-state index contributed by atoms with van der Waals surface area (Å²) in [5.74, 6) is 0.986. The molecule has 2 saturated heterocycles. The van der Waals surface area contributed by atoms with Crippen LogP contribution >= 0.6 is 0 Å². The number of hydrogen-bond donors (Lipinski definition) is 0. The molecule has 4 nitrogen and oxygen atoms in total. The second kappa shape index (κ2) is 8.13. The third-order valence-electron chi connectivity index (χ3n) is 5.19. The maximum atomic E-state index is 6.04. The minimum Gasteiger partial charge on any atom is -0.496 e. The Morgan fingerprint density at radius 3 is 2.91 bits per heavy atom. The van der Waals surface area contributed by atoms with Gasteiger partial charge in [0.1, 0.15) is 5.75 Å². The number of ether oxygens (including phenoxy) is 2. The fourth-order valence-electron chi connectivity index (χ4n) is 3.80. The van der Waals surface area contributed by atoms with E-state index < -0.39 is 0 Å². The third-order valence-corrected chi connectivity index (χ3v) is 5.19. The highest BCUT2D eigenvalue weighted by molar-refractivity contribution is 5.33. The number of nitrogens with zero attached hydrogens (tertiary/aromatic N) is 2. The second-order valence-corrected chi connectivity index (χ2v) is 6.88. The van der Waals surface area contributed by atoms with Gasteiger partial charge in [-0.1, -0.05) is 24.6 Å². The lowest BCUT2D eigenvalue weighted by atomic mass is 10.0. The summed E-state index contributed by atoms with van der Waals surface area (Å²) in [6.45, 7) is 8.46. The Kier molecular flexibility index (Phi) is 5.92. The lowest BCUT2D eigenvalue weighted by Crippen LogP contribution is -2.50. The molecule has 4 heteroatoms. The Balaban J connectivity index is 1.55. The molecule has 0 amide bonds. The molecule has 0 aliphatic carbocycles. The van der Waals surface area contributed by atoms with Crippen molar-refractivity contribution < 1.29 is 9.47 Å². The van der Waals surface area contributed by atoms with Crippen LogP contribution in [0.4, 0.5) is 0 Å². The topological polar surface area (TPSA) is 24.9 Å².